The van der Waals surface area contributed by atoms with Crippen molar-refractivity contribution in [3.63, 3.8) is 0 Å². The largest absolute Gasteiger partial charge is 0.208 e. The first-order valence-electron chi connectivity index (χ1n) is 21.1. The number of nitriles is 1. The van der Waals surface area contributed by atoms with E-state index in [-0.39, 0.29) is 0 Å². The van der Waals surface area contributed by atoms with E-state index in [2.05, 4.69) is 188 Å². The molecule has 4 heteroatoms. The SMILES string of the molecule is N#Cc1ccc2c(c1)C(c1ccccc1)(c1ccccc1)c1ccc(-c3cccc(-c4nc(-c5ccccc5)nc(-c5cc(-c6ccccc6)cc(-c6ccccc6)c5)n4)c3)cc1-2. The molecule has 1 aliphatic carbocycles. The number of fused-ring (bicyclic) bond motifs is 3. The van der Waals surface area contributed by atoms with E-state index in [1.165, 1.54) is 5.56 Å². The minimum absolute atomic E-state index is 0.592. The Balaban J connectivity index is 1.07. The van der Waals surface area contributed by atoms with Gasteiger partial charge in [-0.25, -0.2) is 15.0 Å². The average molecular weight is 803 g/mol. The van der Waals surface area contributed by atoms with Crippen LogP contribution in [-0.2, 0) is 5.41 Å². The maximum absolute atomic E-state index is 10.1. The van der Waals surface area contributed by atoms with Crippen LogP contribution >= 0.6 is 0 Å². The molecule has 0 spiro atoms. The van der Waals surface area contributed by atoms with Crippen LogP contribution in [0.1, 0.15) is 27.8 Å². The van der Waals surface area contributed by atoms with Crippen LogP contribution < -0.4 is 0 Å². The number of rotatable bonds is 8. The van der Waals surface area contributed by atoms with Crippen molar-refractivity contribution < 1.29 is 0 Å². The van der Waals surface area contributed by atoms with Crippen molar-refractivity contribution in [2.75, 3.05) is 0 Å². The Bertz CT molecular complexity index is 3230. The summed E-state index contributed by atoms with van der Waals surface area (Å²) in [5.74, 6) is 1.80. The topological polar surface area (TPSA) is 62.5 Å². The predicted octanol–water partition coefficient (Wildman–Crippen LogP) is 14.1. The minimum Gasteiger partial charge on any atom is -0.208 e. The number of hydrogen-bond acceptors (Lipinski definition) is 4. The lowest BCUT2D eigenvalue weighted by atomic mass is 9.67. The third-order valence-electron chi connectivity index (χ3n) is 12.2. The molecule has 1 aromatic heterocycles. The van der Waals surface area contributed by atoms with Crippen LogP contribution in [0.3, 0.4) is 0 Å². The summed E-state index contributed by atoms with van der Waals surface area (Å²) in [6.07, 6.45) is 0. The second-order valence-corrected chi connectivity index (χ2v) is 15.9. The van der Waals surface area contributed by atoms with Crippen LogP contribution in [0, 0.1) is 11.3 Å². The fourth-order valence-electron chi connectivity index (χ4n) is 9.28. The highest BCUT2D eigenvalue weighted by Crippen LogP contribution is 2.57. The molecular formula is C59H38N4. The van der Waals surface area contributed by atoms with Gasteiger partial charge in [0.05, 0.1) is 17.0 Å². The van der Waals surface area contributed by atoms with Crippen LogP contribution in [0.2, 0.25) is 0 Å². The van der Waals surface area contributed by atoms with Crippen LogP contribution in [0.4, 0.5) is 0 Å². The molecule has 10 aromatic rings. The van der Waals surface area contributed by atoms with E-state index in [9.17, 15) is 5.26 Å². The van der Waals surface area contributed by atoms with Crippen LogP contribution in [0.15, 0.2) is 231 Å². The number of nitrogens with zero attached hydrogens (tertiary/aromatic N) is 4. The van der Waals surface area contributed by atoms with Gasteiger partial charge in [-0.1, -0.05) is 188 Å². The summed E-state index contributed by atoms with van der Waals surface area (Å²) in [4.78, 5) is 15.5. The summed E-state index contributed by atoms with van der Waals surface area (Å²) >= 11 is 0. The lowest BCUT2D eigenvalue weighted by Crippen LogP contribution is -2.28. The van der Waals surface area contributed by atoms with E-state index < -0.39 is 5.41 Å². The molecule has 0 amide bonds. The van der Waals surface area contributed by atoms with Gasteiger partial charge in [-0.3, -0.25) is 0 Å². The van der Waals surface area contributed by atoms with E-state index in [0.29, 0.717) is 23.0 Å². The van der Waals surface area contributed by atoms with Crippen molar-refractivity contribution in [1.82, 2.24) is 15.0 Å². The Morgan fingerprint density at radius 1 is 0.302 bits per heavy atom. The van der Waals surface area contributed by atoms with Crippen molar-refractivity contribution in [1.29, 1.82) is 5.26 Å². The molecule has 9 aromatic carbocycles. The van der Waals surface area contributed by atoms with E-state index in [1.54, 1.807) is 0 Å². The maximum atomic E-state index is 10.1. The summed E-state index contributed by atoms with van der Waals surface area (Å²) < 4.78 is 0. The van der Waals surface area contributed by atoms with Crippen molar-refractivity contribution in [3.8, 4) is 84.7 Å². The quantitative estimate of drug-likeness (QED) is 0.153. The van der Waals surface area contributed by atoms with Gasteiger partial charge in [0, 0.05) is 16.7 Å². The molecule has 0 N–H and O–H groups in total. The van der Waals surface area contributed by atoms with Gasteiger partial charge >= 0.3 is 0 Å². The highest BCUT2D eigenvalue weighted by molar-refractivity contribution is 5.90. The van der Waals surface area contributed by atoms with Crippen LogP contribution in [-0.4, -0.2) is 15.0 Å². The molecule has 0 radical (unpaired) electrons. The van der Waals surface area contributed by atoms with Gasteiger partial charge in [0.1, 0.15) is 0 Å². The number of hydrogen-bond donors (Lipinski definition) is 0. The average Bonchev–Trinajstić information content (AvgIpc) is 3.67. The van der Waals surface area contributed by atoms with Gasteiger partial charge in [0.25, 0.3) is 0 Å². The monoisotopic (exact) mass is 802 g/mol. The normalized spacial score (nSPS) is 12.2. The molecule has 0 saturated heterocycles. The Morgan fingerprint density at radius 2 is 0.746 bits per heavy atom. The molecule has 0 atom stereocenters. The van der Waals surface area contributed by atoms with Crippen LogP contribution in [0.5, 0.6) is 0 Å². The highest BCUT2D eigenvalue weighted by Gasteiger charge is 2.46. The second-order valence-electron chi connectivity index (χ2n) is 15.9. The fourth-order valence-corrected chi connectivity index (χ4v) is 9.28. The van der Waals surface area contributed by atoms with E-state index in [0.717, 1.165) is 77.9 Å². The third kappa shape index (κ3) is 6.70. The molecule has 1 heterocycles. The molecule has 0 bridgehead atoms. The first-order valence-corrected chi connectivity index (χ1v) is 21.1. The smallest absolute Gasteiger partial charge is 0.164 e. The minimum atomic E-state index is -0.603. The summed E-state index contributed by atoms with van der Waals surface area (Å²) in [5.41, 5.74) is 16.2. The number of benzene rings is 9. The van der Waals surface area contributed by atoms with E-state index in [4.69, 9.17) is 15.0 Å². The Morgan fingerprint density at radius 3 is 1.32 bits per heavy atom. The Kier molecular flexibility index (Phi) is 9.41. The van der Waals surface area contributed by atoms with Gasteiger partial charge in [-0.15, -0.1) is 0 Å². The molecule has 0 unspecified atom stereocenters. The first-order chi connectivity index (χ1) is 31.2. The molecular weight excluding hydrogens is 765 g/mol. The van der Waals surface area contributed by atoms with Crippen molar-refractivity contribution >= 4 is 0 Å². The first kappa shape index (κ1) is 37.5. The van der Waals surface area contributed by atoms with Gasteiger partial charge in [0.15, 0.2) is 17.5 Å². The molecule has 63 heavy (non-hydrogen) atoms. The molecule has 11 rings (SSSR count). The summed E-state index contributed by atoms with van der Waals surface area (Å²) in [6.45, 7) is 0. The van der Waals surface area contributed by atoms with Crippen molar-refractivity contribution in [2.45, 2.75) is 5.41 Å². The molecule has 294 valence electrons. The second kappa shape index (κ2) is 15.8. The molecule has 4 nitrogen and oxygen atoms in total. The highest BCUT2D eigenvalue weighted by atomic mass is 15.0. The molecule has 0 aliphatic heterocycles. The maximum Gasteiger partial charge on any atom is 0.164 e. The van der Waals surface area contributed by atoms with Gasteiger partial charge in [-0.05, 0) is 109 Å². The van der Waals surface area contributed by atoms with Crippen LogP contribution in [0.25, 0.3) is 78.7 Å². The number of aromatic nitrogens is 3. The zero-order valence-electron chi connectivity index (χ0n) is 34.2. The van der Waals surface area contributed by atoms with Gasteiger partial charge in [-0.2, -0.15) is 5.26 Å². The fraction of sp³-hybridized carbons (Fsp3) is 0.0169. The van der Waals surface area contributed by atoms with Crippen molar-refractivity contribution in [3.05, 3.63) is 258 Å². The zero-order chi connectivity index (χ0) is 42.2. The summed E-state index contributed by atoms with van der Waals surface area (Å²) in [6, 6.07) is 82.8. The standard InChI is InChI=1S/C59H38N4/c60-39-40-29-31-52-53-38-45(30-32-54(53)59(55(52)33-40,50-25-12-4-13-26-50)51-27-14-5-15-28-51)44-23-16-24-46(34-44)57-61-56(43-21-10-3-11-22-43)62-58(63-57)49-36-47(41-17-6-1-7-18-41)35-48(37-49)42-19-8-2-9-20-42/h1-38H. The van der Waals surface area contributed by atoms with E-state index >= 15 is 0 Å². The third-order valence-corrected chi connectivity index (χ3v) is 12.2. The summed E-state index contributed by atoms with van der Waals surface area (Å²) in [5, 5.41) is 10.1. The lowest BCUT2D eigenvalue weighted by Gasteiger charge is -2.34. The van der Waals surface area contributed by atoms with Gasteiger partial charge < -0.3 is 0 Å². The van der Waals surface area contributed by atoms with Crippen molar-refractivity contribution in [2.24, 2.45) is 0 Å². The predicted molar refractivity (Wildman–Crippen MR) is 254 cm³/mol. The summed E-state index contributed by atoms with van der Waals surface area (Å²) in [7, 11) is 0. The Hall–Kier alpha value is -8.52. The van der Waals surface area contributed by atoms with E-state index in [1.807, 2.05) is 48.5 Å². The molecule has 0 fully saturated rings. The Labute approximate surface area is 367 Å². The molecule has 1 aliphatic rings. The lowest BCUT2D eigenvalue weighted by molar-refractivity contribution is 0.768. The zero-order valence-corrected chi connectivity index (χ0v) is 34.2. The van der Waals surface area contributed by atoms with Gasteiger partial charge in [0.2, 0.25) is 0 Å². The molecule has 0 saturated carbocycles.